The number of aliphatic hydroxyl groups excluding tert-OH is 1. The zero-order chi connectivity index (χ0) is 11.9. The van der Waals surface area contributed by atoms with E-state index in [1.807, 2.05) is 0 Å². The van der Waals surface area contributed by atoms with Crippen LogP contribution in [0, 0.1) is 11.5 Å². The number of halogens is 1. The highest BCUT2D eigenvalue weighted by Gasteiger charge is 2.08. The molecule has 0 unspecified atom stereocenters. The highest BCUT2D eigenvalue weighted by Crippen LogP contribution is 2.09. The van der Waals surface area contributed by atoms with Gasteiger partial charge in [0.15, 0.2) is 0 Å². The van der Waals surface area contributed by atoms with Gasteiger partial charge in [0, 0.05) is 12.3 Å². The van der Waals surface area contributed by atoms with Gasteiger partial charge in [0.25, 0.3) is 0 Å². The number of hydrogen-bond donors (Lipinski definition) is 1. The summed E-state index contributed by atoms with van der Waals surface area (Å²) in [5.41, 5.74) is 4.16. The molecule has 86 valence electrons. The fourth-order valence-corrected chi connectivity index (χ4v) is 1.82. The zero-order valence-electron chi connectivity index (χ0n) is 9.94. The van der Waals surface area contributed by atoms with Crippen LogP contribution in [0.15, 0.2) is 12.2 Å². The largest absolute Gasteiger partial charge is 0.393 e. The van der Waals surface area contributed by atoms with E-state index in [4.69, 9.17) is 11.6 Å². The maximum atomic E-state index is 9.60. The van der Waals surface area contributed by atoms with Crippen LogP contribution in [0.4, 0.5) is 0 Å². The smallest absolute Gasteiger partial charge is 0.129 e. The highest BCUT2D eigenvalue weighted by molar-refractivity contribution is 6.83. The molecular formula is C12H21ClOSi. The second-order valence-electron chi connectivity index (χ2n) is 4.83. The minimum Gasteiger partial charge on any atom is -0.393 e. The van der Waals surface area contributed by atoms with Crippen LogP contribution in [-0.4, -0.2) is 25.2 Å². The van der Waals surface area contributed by atoms with Crippen molar-refractivity contribution in [2.45, 2.75) is 45.0 Å². The summed E-state index contributed by atoms with van der Waals surface area (Å²) >= 11 is 5.58. The molecule has 0 amide bonds. The van der Waals surface area contributed by atoms with Crippen LogP contribution in [-0.2, 0) is 0 Å². The molecule has 1 nitrogen and oxygen atoms in total. The Labute approximate surface area is 99.5 Å². The first-order valence-corrected chi connectivity index (χ1v) is 9.29. The number of aliphatic hydroxyl groups is 1. The summed E-state index contributed by atoms with van der Waals surface area (Å²) in [7, 11) is -1.25. The molecular weight excluding hydrogens is 224 g/mol. The lowest BCUT2D eigenvalue weighted by Crippen LogP contribution is -2.16. The Morgan fingerprint density at radius 3 is 2.53 bits per heavy atom. The molecule has 0 saturated heterocycles. The van der Waals surface area contributed by atoms with Gasteiger partial charge in [-0.15, -0.1) is 23.1 Å². The third-order valence-electron chi connectivity index (χ3n) is 1.78. The van der Waals surface area contributed by atoms with Crippen LogP contribution >= 0.6 is 11.6 Å². The molecule has 0 aromatic rings. The van der Waals surface area contributed by atoms with Crippen LogP contribution in [0.3, 0.4) is 0 Å². The van der Waals surface area contributed by atoms with Crippen molar-refractivity contribution >= 4 is 19.7 Å². The predicted molar refractivity (Wildman–Crippen MR) is 70.8 cm³/mol. The summed E-state index contributed by atoms with van der Waals surface area (Å²) < 4.78 is 0. The van der Waals surface area contributed by atoms with Crippen LogP contribution in [0.2, 0.25) is 19.6 Å². The Morgan fingerprint density at radius 2 is 2.07 bits per heavy atom. The Hall–Kier alpha value is -0.233. The van der Waals surface area contributed by atoms with Crippen LogP contribution in [0.5, 0.6) is 0 Å². The summed E-state index contributed by atoms with van der Waals surface area (Å²) in [6.07, 6.45) is 1.74. The van der Waals surface area contributed by atoms with Crippen molar-refractivity contribution in [3.63, 3.8) is 0 Å². The molecule has 0 aromatic heterocycles. The van der Waals surface area contributed by atoms with Crippen LogP contribution in [0.1, 0.15) is 19.3 Å². The van der Waals surface area contributed by atoms with Crippen LogP contribution < -0.4 is 0 Å². The van der Waals surface area contributed by atoms with Gasteiger partial charge < -0.3 is 5.11 Å². The Bertz CT molecular complexity index is 257. The lowest BCUT2D eigenvalue weighted by molar-refractivity contribution is 0.167. The average molecular weight is 245 g/mol. The van der Waals surface area contributed by atoms with E-state index in [-0.39, 0.29) is 6.10 Å². The molecule has 0 radical (unpaired) electrons. The fourth-order valence-electron chi connectivity index (χ4n) is 1.06. The molecule has 0 aliphatic rings. The lowest BCUT2D eigenvalue weighted by atomic mass is 10.1. The van der Waals surface area contributed by atoms with E-state index in [2.05, 4.69) is 37.7 Å². The molecule has 0 aromatic carbocycles. The van der Waals surface area contributed by atoms with Gasteiger partial charge in [-0.25, -0.2) is 0 Å². The first-order valence-electron chi connectivity index (χ1n) is 5.26. The van der Waals surface area contributed by atoms with E-state index in [0.29, 0.717) is 18.7 Å². The minimum atomic E-state index is -1.25. The van der Waals surface area contributed by atoms with Crippen LogP contribution in [0.25, 0.3) is 0 Å². The van der Waals surface area contributed by atoms with Gasteiger partial charge in [-0.1, -0.05) is 31.8 Å². The van der Waals surface area contributed by atoms with Crippen molar-refractivity contribution in [1.29, 1.82) is 0 Å². The third-order valence-corrected chi connectivity index (χ3v) is 3.08. The summed E-state index contributed by atoms with van der Waals surface area (Å²) in [6, 6.07) is 0. The van der Waals surface area contributed by atoms with Gasteiger partial charge in [-0.05, 0) is 12.8 Å². The number of rotatable bonds is 5. The molecule has 0 aliphatic heterocycles. The maximum Gasteiger partial charge on any atom is 0.129 e. The molecule has 0 rings (SSSR count). The lowest BCUT2D eigenvalue weighted by Gasteiger charge is -2.09. The fraction of sp³-hybridized carbons (Fsp3) is 0.667. The number of hydrogen-bond acceptors (Lipinski definition) is 1. The monoisotopic (exact) mass is 244 g/mol. The maximum absolute atomic E-state index is 9.60. The van der Waals surface area contributed by atoms with E-state index >= 15 is 0 Å². The van der Waals surface area contributed by atoms with E-state index in [0.717, 1.165) is 12.0 Å². The normalized spacial score (nSPS) is 12.9. The van der Waals surface area contributed by atoms with Gasteiger partial charge in [-0.3, -0.25) is 0 Å². The zero-order valence-corrected chi connectivity index (χ0v) is 11.7. The van der Waals surface area contributed by atoms with Crippen molar-refractivity contribution < 1.29 is 5.11 Å². The first-order chi connectivity index (χ1) is 6.85. The summed E-state index contributed by atoms with van der Waals surface area (Å²) in [5.74, 6) is 3.56. The summed E-state index contributed by atoms with van der Waals surface area (Å²) in [6.45, 7) is 10.4. The molecule has 0 aliphatic carbocycles. The SMILES string of the molecule is C=C(CCl)C[C@@H](O)CCC#C[Si](C)(C)C. The molecule has 0 bridgehead atoms. The Morgan fingerprint density at radius 1 is 1.47 bits per heavy atom. The second-order valence-corrected chi connectivity index (χ2v) is 9.85. The van der Waals surface area contributed by atoms with Crippen molar-refractivity contribution in [3.05, 3.63) is 12.2 Å². The van der Waals surface area contributed by atoms with Gasteiger partial charge >= 0.3 is 0 Å². The van der Waals surface area contributed by atoms with Gasteiger partial charge in [0.1, 0.15) is 8.07 Å². The average Bonchev–Trinajstić information content (AvgIpc) is 2.11. The summed E-state index contributed by atoms with van der Waals surface area (Å²) in [5, 5.41) is 9.60. The topological polar surface area (TPSA) is 20.2 Å². The van der Waals surface area contributed by atoms with Gasteiger partial charge in [0.2, 0.25) is 0 Å². The van der Waals surface area contributed by atoms with Crippen molar-refractivity contribution in [2.75, 3.05) is 5.88 Å². The Kier molecular flexibility index (Phi) is 7.00. The second kappa shape index (κ2) is 7.11. The molecule has 0 spiro atoms. The molecule has 1 atom stereocenters. The van der Waals surface area contributed by atoms with Crippen molar-refractivity contribution in [2.24, 2.45) is 0 Å². The van der Waals surface area contributed by atoms with E-state index in [1.165, 1.54) is 0 Å². The van der Waals surface area contributed by atoms with E-state index in [9.17, 15) is 5.11 Å². The first kappa shape index (κ1) is 14.8. The minimum absolute atomic E-state index is 0.341. The molecule has 0 heterocycles. The standard InChI is InChI=1S/C12H21ClOSi/c1-11(10-13)9-12(14)7-5-6-8-15(2,3)4/h12,14H,1,5,7,9-10H2,2-4H3/t12-/m0/s1. The number of alkyl halides is 1. The van der Waals surface area contributed by atoms with E-state index < -0.39 is 8.07 Å². The van der Waals surface area contributed by atoms with Gasteiger partial charge in [0.05, 0.1) is 6.10 Å². The van der Waals surface area contributed by atoms with E-state index in [1.54, 1.807) is 0 Å². The molecule has 0 fully saturated rings. The Balaban J connectivity index is 3.76. The van der Waals surface area contributed by atoms with Crippen molar-refractivity contribution in [3.8, 4) is 11.5 Å². The van der Waals surface area contributed by atoms with Gasteiger partial charge in [-0.2, -0.15) is 0 Å². The third kappa shape index (κ3) is 10.1. The highest BCUT2D eigenvalue weighted by atomic mass is 35.5. The van der Waals surface area contributed by atoms with Crippen molar-refractivity contribution in [1.82, 2.24) is 0 Å². The predicted octanol–water partition coefficient (Wildman–Crippen LogP) is 3.19. The molecule has 15 heavy (non-hydrogen) atoms. The summed E-state index contributed by atoms with van der Waals surface area (Å²) in [4.78, 5) is 0. The quantitative estimate of drug-likeness (QED) is 0.341. The molecule has 3 heteroatoms. The molecule has 0 saturated carbocycles. The molecule has 1 N–H and O–H groups in total.